The Balaban J connectivity index is 1.69. The molecular formula is C22H24N2O7S. The number of benzene rings is 2. The minimum atomic E-state index is -3.83. The highest BCUT2D eigenvalue weighted by atomic mass is 32.2. The number of ketones is 1. The van der Waals surface area contributed by atoms with Crippen LogP contribution < -0.4 is 10.1 Å². The van der Waals surface area contributed by atoms with Crippen LogP contribution in [0.15, 0.2) is 47.4 Å². The molecule has 1 amide bonds. The van der Waals surface area contributed by atoms with Crippen LogP contribution in [-0.4, -0.2) is 57.2 Å². The number of carbonyl (C=O) groups is 3. The molecule has 9 nitrogen and oxygen atoms in total. The summed E-state index contributed by atoms with van der Waals surface area (Å²) < 4.78 is 37.4. The van der Waals surface area contributed by atoms with Gasteiger partial charge in [-0.05, 0) is 50.1 Å². The molecule has 0 bridgehead atoms. The Morgan fingerprint density at radius 2 is 1.75 bits per heavy atom. The Hall–Kier alpha value is -3.24. The van der Waals surface area contributed by atoms with Gasteiger partial charge in [-0.1, -0.05) is 12.1 Å². The normalized spacial score (nSPS) is 14.1. The van der Waals surface area contributed by atoms with E-state index in [0.29, 0.717) is 24.3 Å². The van der Waals surface area contributed by atoms with Crippen molar-refractivity contribution in [3.05, 3.63) is 53.6 Å². The number of methoxy groups -OCH3 is 1. The number of amides is 1. The summed E-state index contributed by atoms with van der Waals surface area (Å²) in [7, 11) is -2.48. The van der Waals surface area contributed by atoms with Crippen LogP contribution in [0.2, 0.25) is 0 Å². The molecule has 10 heteroatoms. The second-order valence-electron chi connectivity index (χ2n) is 7.24. The molecule has 0 radical (unpaired) electrons. The van der Waals surface area contributed by atoms with Gasteiger partial charge in [-0.2, -0.15) is 4.31 Å². The summed E-state index contributed by atoms with van der Waals surface area (Å²) >= 11 is 0. The lowest BCUT2D eigenvalue weighted by atomic mass is 10.1. The molecule has 1 fully saturated rings. The van der Waals surface area contributed by atoms with Crippen molar-refractivity contribution in [2.75, 3.05) is 32.1 Å². The SMILES string of the molecule is COc1ccc(C(=O)OCC(=O)Nc2cccc(C(C)=O)c2)cc1S(=O)(=O)N1CCCC1. The van der Waals surface area contributed by atoms with Gasteiger partial charge >= 0.3 is 5.97 Å². The number of nitrogens with one attached hydrogen (secondary N) is 1. The number of sulfonamides is 1. The molecule has 0 atom stereocenters. The van der Waals surface area contributed by atoms with Crippen LogP contribution in [0.25, 0.3) is 0 Å². The zero-order valence-electron chi connectivity index (χ0n) is 17.8. The van der Waals surface area contributed by atoms with Crippen molar-refractivity contribution in [2.45, 2.75) is 24.7 Å². The van der Waals surface area contributed by atoms with Crippen molar-refractivity contribution in [1.82, 2.24) is 4.31 Å². The molecule has 1 aliphatic heterocycles. The minimum absolute atomic E-state index is 0.0186. The van der Waals surface area contributed by atoms with E-state index in [1.165, 1.54) is 42.6 Å². The summed E-state index contributed by atoms with van der Waals surface area (Å²) in [5.74, 6) is -1.47. The van der Waals surface area contributed by atoms with E-state index < -0.39 is 28.5 Å². The summed E-state index contributed by atoms with van der Waals surface area (Å²) in [6, 6.07) is 10.3. The molecule has 3 rings (SSSR count). The highest BCUT2D eigenvalue weighted by Gasteiger charge is 2.31. The minimum Gasteiger partial charge on any atom is -0.495 e. The third kappa shape index (κ3) is 5.32. The fourth-order valence-corrected chi connectivity index (χ4v) is 5.00. The van der Waals surface area contributed by atoms with E-state index in [1.807, 2.05) is 0 Å². The van der Waals surface area contributed by atoms with E-state index in [1.54, 1.807) is 18.2 Å². The Morgan fingerprint density at radius 3 is 2.41 bits per heavy atom. The van der Waals surface area contributed by atoms with Crippen molar-refractivity contribution < 1.29 is 32.3 Å². The zero-order chi connectivity index (χ0) is 23.3. The maximum atomic E-state index is 12.9. The highest BCUT2D eigenvalue weighted by Crippen LogP contribution is 2.30. The fraction of sp³-hybridized carbons (Fsp3) is 0.318. The van der Waals surface area contributed by atoms with Gasteiger partial charge < -0.3 is 14.8 Å². The molecule has 0 aliphatic carbocycles. The second-order valence-corrected chi connectivity index (χ2v) is 9.14. The average Bonchev–Trinajstić information content (AvgIpc) is 3.33. The topological polar surface area (TPSA) is 119 Å². The number of hydrogen-bond acceptors (Lipinski definition) is 7. The van der Waals surface area contributed by atoms with Crippen LogP contribution in [-0.2, 0) is 19.6 Å². The molecule has 0 unspecified atom stereocenters. The van der Waals surface area contributed by atoms with Crippen LogP contribution in [0.1, 0.15) is 40.5 Å². The summed E-state index contributed by atoms with van der Waals surface area (Å²) in [6.45, 7) is 1.65. The first-order valence-electron chi connectivity index (χ1n) is 9.98. The third-order valence-corrected chi connectivity index (χ3v) is 6.89. The molecule has 0 aromatic heterocycles. The van der Waals surface area contributed by atoms with E-state index in [-0.39, 0.29) is 22.0 Å². The smallest absolute Gasteiger partial charge is 0.338 e. The largest absolute Gasteiger partial charge is 0.495 e. The van der Waals surface area contributed by atoms with Crippen LogP contribution in [0.3, 0.4) is 0 Å². The number of ether oxygens (including phenoxy) is 2. The van der Waals surface area contributed by atoms with Crippen molar-refractivity contribution in [3.8, 4) is 5.75 Å². The molecule has 1 aliphatic rings. The molecule has 1 saturated heterocycles. The van der Waals surface area contributed by atoms with E-state index >= 15 is 0 Å². The quantitative estimate of drug-likeness (QED) is 0.475. The number of anilines is 1. The van der Waals surface area contributed by atoms with Crippen LogP contribution >= 0.6 is 0 Å². The molecule has 2 aromatic rings. The predicted molar refractivity (Wildman–Crippen MR) is 116 cm³/mol. The molecule has 170 valence electrons. The van der Waals surface area contributed by atoms with Crippen molar-refractivity contribution in [3.63, 3.8) is 0 Å². The maximum absolute atomic E-state index is 12.9. The number of nitrogens with zero attached hydrogens (tertiary/aromatic N) is 1. The van der Waals surface area contributed by atoms with Gasteiger partial charge in [0.1, 0.15) is 10.6 Å². The number of esters is 1. The van der Waals surface area contributed by atoms with Gasteiger partial charge in [-0.15, -0.1) is 0 Å². The van der Waals surface area contributed by atoms with Crippen LogP contribution in [0.4, 0.5) is 5.69 Å². The Bertz CT molecular complexity index is 1140. The van der Waals surface area contributed by atoms with Gasteiger partial charge in [0.25, 0.3) is 5.91 Å². The number of rotatable bonds is 8. The van der Waals surface area contributed by atoms with Gasteiger partial charge in [0, 0.05) is 24.3 Å². The van der Waals surface area contributed by atoms with Crippen molar-refractivity contribution in [1.29, 1.82) is 0 Å². The summed E-state index contributed by atoms with van der Waals surface area (Å²) in [5, 5.41) is 2.54. The maximum Gasteiger partial charge on any atom is 0.338 e. The molecule has 0 saturated carbocycles. The lowest BCUT2D eigenvalue weighted by Crippen LogP contribution is -2.28. The summed E-state index contributed by atoms with van der Waals surface area (Å²) in [6.07, 6.45) is 1.54. The van der Waals surface area contributed by atoms with Crippen LogP contribution in [0.5, 0.6) is 5.75 Å². The molecule has 32 heavy (non-hydrogen) atoms. The Kier molecular flexibility index (Phi) is 7.26. The number of Topliss-reactive ketones (excluding diaryl/α,β-unsaturated/α-hetero) is 1. The first kappa shape index (κ1) is 23.4. The summed E-state index contributed by atoms with van der Waals surface area (Å²) in [5.41, 5.74) is 0.807. The average molecular weight is 461 g/mol. The first-order valence-corrected chi connectivity index (χ1v) is 11.4. The number of hydrogen-bond donors (Lipinski definition) is 1. The van der Waals surface area contributed by atoms with E-state index in [0.717, 1.165) is 12.8 Å². The number of carbonyl (C=O) groups excluding carboxylic acids is 3. The Morgan fingerprint density at radius 1 is 1.03 bits per heavy atom. The monoisotopic (exact) mass is 460 g/mol. The fourth-order valence-electron chi connectivity index (χ4n) is 3.30. The summed E-state index contributed by atoms with van der Waals surface area (Å²) in [4.78, 5) is 35.9. The van der Waals surface area contributed by atoms with E-state index in [9.17, 15) is 22.8 Å². The zero-order valence-corrected chi connectivity index (χ0v) is 18.6. The Labute approximate surface area is 186 Å². The highest BCUT2D eigenvalue weighted by molar-refractivity contribution is 7.89. The van der Waals surface area contributed by atoms with Gasteiger partial charge in [0.15, 0.2) is 12.4 Å². The second kappa shape index (κ2) is 9.92. The first-order chi connectivity index (χ1) is 15.2. The lowest BCUT2D eigenvalue weighted by Gasteiger charge is -2.18. The van der Waals surface area contributed by atoms with Gasteiger partial charge in [0.2, 0.25) is 10.0 Å². The van der Waals surface area contributed by atoms with Crippen molar-refractivity contribution in [2.24, 2.45) is 0 Å². The van der Waals surface area contributed by atoms with Crippen LogP contribution in [0, 0.1) is 0 Å². The lowest BCUT2D eigenvalue weighted by molar-refractivity contribution is -0.119. The van der Waals surface area contributed by atoms with Crippen molar-refractivity contribution >= 4 is 33.4 Å². The van der Waals surface area contributed by atoms with Gasteiger partial charge in [0.05, 0.1) is 12.7 Å². The van der Waals surface area contributed by atoms with E-state index in [2.05, 4.69) is 5.32 Å². The molecule has 0 spiro atoms. The van der Waals surface area contributed by atoms with Gasteiger partial charge in [-0.25, -0.2) is 13.2 Å². The predicted octanol–water partition coefficient (Wildman–Crippen LogP) is 2.48. The molecular weight excluding hydrogens is 436 g/mol. The standard InChI is InChI=1S/C22H24N2O7S/c1-15(25)16-6-5-7-18(12-16)23-21(26)14-31-22(27)17-8-9-19(30-2)20(13-17)32(28,29)24-10-3-4-11-24/h5-9,12-13H,3-4,10-11,14H2,1-2H3,(H,23,26). The third-order valence-electron chi connectivity index (χ3n) is 4.97. The molecule has 1 heterocycles. The van der Waals surface area contributed by atoms with Gasteiger partial charge in [-0.3, -0.25) is 9.59 Å². The molecule has 2 aromatic carbocycles. The molecule has 1 N–H and O–H groups in total. The van der Waals surface area contributed by atoms with E-state index in [4.69, 9.17) is 9.47 Å².